The van der Waals surface area contributed by atoms with Gasteiger partial charge >= 0.3 is 0 Å². The summed E-state index contributed by atoms with van der Waals surface area (Å²) < 4.78 is 10.8. The molecule has 0 aromatic heterocycles. The zero-order chi connectivity index (χ0) is 14.5. The van der Waals surface area contributed by atoms with Crippen molar-refractivity contribution in [3.05, 3.63) is 58.6 Å². The lowest BCUT2D eigenvalue weighted by atomic mass is 10.2. The number of ether oxygens (including phenoxy) is 2. The maximum absolute atomic E-state index is 7.36. The van der Waals surface area contributed by atoms with E-state index in [0.29, 0.717) is 28.7 Å². The van der Waals surface area contributed by atoms with Crippen LogP contribution in [-0.4, -0.2) is 12.9 Å². The number of halogens is 1. The summed E-state index contributed by atoms with van der Waals surface area (Å²) >= 11 is 6.12. The van der Waals surface area contributed by atoms with E-state index in [2.05, 4.69) is 0 Å². The third-order valence-electron chi connectivity index (χ3n) is 2.68. The van der Waals surface area contributed by atoms with Gasteiger partial charge in [0.2, 0.25) is 0 Å². The summed E-state index contributed by atoms with van der Waals surface area (Å²) in [6, 6.07) is 12.6. The van der Waals surface area contributed by atoms with Crippen molar-refractivity contribution in [2.75, 3.05) is 7.11 Å². The van der Waals surface area contributed by atoms with Crippen LogP contribution in [0.15, 0.2) is 42.5 Å². The lowest BCUT2D eigenvalue weighted by Gasteiger charge is -2.10. The molecular formula is C15H15ClN2O2. The summed E-state index contributed by atoms with van der Waals surface area (Å²) in [4.78, 5) is 0. The number of hydrogen-bond acceptors (Lipinski definition) is 3. The van der Waals surface area contributed by atoms with Crippen LogP contribution in [0.1, 0.15) is 11.1 Å². The molecule has 0 aliphatic rings. The first kappa shape index (κ1) is 14.4. The molecule has 2 aromatic rings. The molecule has 104 valence electrons. The van der Waals surface area contributed by atoms with Gasteiger partial charge in [0.1, 0.15) is 17.3 Å². The minimum Gasteiger partial charge on any atom is -0.456 e. The summed E-state index contributed by atoms with van der Waals surface area (Å²) in [5.74, 6) is 1.17. The molecule has 2 rings (SSSR count). The Hall–Kier alpha value is -2.04. The summed E-state index contributed by atoms with van der Waals surface area (Å²) in [7, 11) is 1.64. The van der Waals surface area contributed by atoms with Crippen molar-refractivity contribution in [2.45, 2.75) is 6.61 Å². The largest absolute Gasteiger partial charge is 0.456 e. The average Bonchev–Trinajstić information content (AvgIpc) is 2.42. The minimum absolute atomic E-state index is 0.0273. The Balaban J connectivity index is 2.21. The molecule has 0 aliphatic heterocycles. The molecule has 0 radical (unpaired) electrons. The second-order valence-corrected chi connectivity index (χ2v) is 4.65. The predicted molar refractivity (Wildman–Crippen MR) is 79.7 cm³/mol. The highest BCUT2D eigenvalue weighted by Gasteiger charge is 2.06. The maximum atomic E-state index is 7.36. The monoisotopic (exact) mass is 290 g/mol. The minimum atomic E-state index is -0.0273. The van der Waals surface area contributed by atoms with E-state index >= 15 is 0 Å². The van der Waals surface area contributed by atoms with Gasteiger partial charge in [-0.15, -0.1) is 0 Å². The number of rotatable bonds is 5. The Kier molecular flexibility index (Phi) is 4.61. The van der Waals surface area contributed by atoms with E-state index in [-0.39, 0.29) is 5.84 Å². The molecule has 5 heteroatoms. The van der Waals surface area contributed by atoms with Crippen molar-refractivity contribution in [3.8, 4) is 11.5 Å². The van der Waals surface area contributed by atoms with E-state index in [1.165, 1.54) is 0 Å². The highest BCUT2D eigenvalue weighted by atomic mass is 35.5. The summed E-state index contributed by atoms with van der Waals surface area (Å²) in [5, 5.41) is 7.77. The van der Waals surface area contributed by atoms with Crippen molar-refractivity contribution >= 4 is 17.4 Å². The fourth-order valence-corrected chi connectivity index (χ4v) is 1.96. The van der Waals surface area contributed by atoms with Gasteiger partial charge in [0, 0.05) is 12.7 Å². The van der Waals surface area contributed by atoms with Crippen LogP contribution < -0.4 is 10.5 Å². The SMILES string of the molecule is COCc1cccc(Oc2ccc(C(=N)N)cc2Cl)c1. The Morgan fingerprint density at radius 1 is 1.25 bits per heavy atom. The molecule has 0 saturated carbocycles. The van der Waals surface area contributed by atoms with Gasteiger partial charge in [-0.3, -0.25) is 5.41 Å². The first-order valence-electron chi connectivity index (χ1n) is 6.00. The van der Waals surface area contributed by atoms with E-state index in [0.717, 1.165) is 5.56 Å². The molecule has 0 spiro atoms. The van der Waals surface area contributed by atoms with Crippen LogP contribution in [-0.2, 0) is 11.3 Å². The van der Waals surface area contributed by atoms with Crippen LogP contribution in [0, 0.1) is 5.41 Å². The smallest absolute Gasteiger partial charge is 0.146 e. The predicted octanol–water partition coefficient (Wildman–Crippen LogP) is 3.56. The molecule has 20 heavy (non-hydrogen) atoms. The molecule has 3 N–H and O–H groups in total. The van der Waals surface area contributed by atoms with E-state index in [4.69, 9.17) is 32.2 Å². The van der Waals surface area contributed by atoms with Crippen LogP contribution in [0.5, 0.6) is 11.5 Å². The second kappa shape index (κ2) is 6.41. The second-order valence-electron chi connectivity index (χ2n) is 4.24. The zero-order valence-electron chi connectivity index (χ0n) is 11.0. The zero-order valence-corrected chi connectivity index (χ0v) is 11.8. The number of hydrogen-bond donors (Lipinski definition) is 2. The van der Waals surface area contributed by atoms with Crippen molar-refractivity contribution in [2.24, 2.45) is 5.73 Å². The van der Waals surface area contributed by atoms with Gasteiger partial charge in [0.15, 0.2) is 0 Å². The van der Waals surface area contributed by atoms with Gasteiger partial charge in [0.05, 0.1) is 11.6 Å². The Labute approximate surface area is 122 Å². The van der Waals surface area contributed by atoms with Crippen LogP contribution in [0.25, 0.3) is 0 Å². The van der Waals surface area contributed by atoms with Crippen LogP contribution in [0.4, 0.5) is 0 Å². The van der Waals surface area contributed by atoms with Crippen molar-refractivity contribution in [1.29, 1.82) is 5.41 Å². The number of amidine groups is 1. The first-order valence-corrected chi connectivity index (χ1v) is 6.37. The van der Waals surface area contributed by atoms with Crippen molar-refractivity contribution in [1.82, 2.24) is 0 Å². The number of methoxy groups -OCH3 is 1. The molecular weight excluding hydrogens is 276 g/mol. The third kappa shape index (κ3) is 3.50. The van der Waals surface area contributed by atoms with Gasteiger partial charge in [-0.05, 0) is 35.9 Å². The Morgan fingerprint density at radius 2 is 2.05 bits per heavy atom. The average molecular weight is 291 g/mol. The maximum Gasteiger partial charge on any atom is 0.146 e. The molecule has 0 heterocycles. The molecule has 0 aliphatic carbocycles. The summed E-state index contributed by atoms with van der Waals surface area (Å²) in [6.45, 7) is 0.522. The molecule has 4 nitrogen and oxygen atoms in total. The fourth-order valence-electron chi connectivity index (χ4n) is 1.74. The van der Waals surface area contributed by atoms with E-state index in [9.17, 15) is 0 Å². The van der Waals surface area contributed by atoms with E-state index in [1.54, 1.807) is 25.3 Å². The summed E-state index contributed by atoms with van der Waals surface area (Å²) in [5.41, 5.74) is 6.99. The van der Waals surface area contributed by atoms with Crippen LogP contribution in [0.2, 0.25) is 5.02 Å². The molecule has 0 amide bonds. The van der Waals surface area contributed by atoms with E-state index in [1.807, 2.05) is 24.3 Å². The van der Waals surface area contributed by atoms with Crippen LogP contribution >= 0.6 is 11.6 Å². The molecule has 0 saturated heterocycles. The van der Waals surface area contributed by atoms with Gasteiger partial charge in [-0.2, -0.15) is 0 Å². The third-order valence-corrected chi connectivity index (χ3v) is 2.98. The number of nitrogens with one attached hydrogen (secondary N) is 1. The number of benzene rings is 2. The summed E-state index contributed by atoms with van der Waals surface area (Å²) in [6.07, 6.45) is 0. The lowest BCUT2D eigenvalue weighted by molar-refractivity contribution is 0.184. The van der Waals surface area contributed by atoms with Crippen LogP contribution in [0.3, 0.4) is 0 Å². The first-order chi connectivity index (χ1) is 9.60. The molecule has 0 bridgehead atoms. The number of nitrogens with two attached hydrogens (primary N) is 1. The van der Waals surface area contributed by atoms with Crippen molar-refractivity contribution < 1.29 is 9.47 Å². The van der Waals surface area contributed by atoms with Gasteiger partial charge < -0.3 is 15.2 Å². The molecule has 0 unspecified atom stereocenters. The topological polar surface area (TPSA) is 68.3 Å². The fraction of sp³-hybridized carbons (Fsp3) is 0.133. The Morgan fingerprint density at radius 3 is 2.70 bits per heavy atom. The van der Waals surface area contributed by atoms with Gasteiger partial charge in [-0.25, -0.2) is 0 Å². The highest BCUT2D eigenvalue weighted by Crippen LogP contribution is 2.30. The lowest BCUT2D eigenvalue weighted by Crippen LogP contribution is -2.10. The highest BCUT2D eigenvalue weighted by molar-refractivity contribution is 6.32. The quantitative estimate of drug-likeness (QED) is 0.653. The van der Waals surface area contributed by atoms with E-state index < -0.39 is 0 Å². The standard InChI is InChI=1S/C15H15ClN2O2/c1-19-9-10-3-2-4-12(7-10)20-14-6-5-11(15(17)18)8-13(14)16/h2-8H,9H2,1H3,(H3,17,18). The van der Waals surface area contributed by atoms with Gasteiger partial charge in [-0.1, -0.05) is 23.7 Å². The Bertz CT molecular complexity index is 629. The molecule has 2 aromatic carbocycles. The van der Waals surface area contributed by atoms with Crippen molar-refractivity contribution in [3.63, 3.8) is 0 Å². The normalized spacial score (nSPS) is 10.3. The molecule has 0 atom stereocenters. The van der Waals surface area contributed by atoms with Gasteiger partial charge in [0.25, 0.3) is 0 Å². The number of nitrogen functional groups attached to an aromatic ring is 1. The molecule has 0 fully saturated rings.